The summed E-state index contributed by atoms with van der Waals surface area (Å²) in [7, 11) is 0. The van der Waals surface area contributed by atoms with Crippen molar-refractivity contribution in [2.45, 2.75) is 78.0 Å². The van der Waals surface area contributed by atoms with Gasteiger partial charge in [0.25, 0.3) is 0 Å². The van der Waals surface area contributed by atoms with Crippen LogP contribution in [0.1, 0.15) is 63.6 Å². The standard InChI is InChI=1S/C19H32N4OS/c1-4-17-22-14(13-25-17)12-21-18(20-5-2)23-15-11-16(24-6-3)19(15)9-7-8-10-19/h13,15-16H,4-12H2,1-3H3,(H2,20,21,23). The van der Waals surface area contributed by atoms with Crippen LogP contribution >= 0.6 is 11.3 Å². The van der Waals surface area contributed by atoms with Crippen LogP contribution < -0.4 is 10.6 Å². The maximum Gasteiger partial charge on any atom is 0.191 e. The van der Waals surface area contributed by atoms with Gasteiger partial charge in [0.05, 0.1) is 23.4 Å². The fraction of sp³-hybridized carbons (Fsp3) is 0.789. The molecule has 3 rings (SSSR count). The molecule has 1 spiro atoms. The number of ether oxygens (including phenoxy) is 1. The molecule has 1 aromatic heterocycles. The summed E-state index contributed by atoms with van der Waals surface area (Å²) in [5.74, 6) is 0.916. The third-order valence-electron chi connectivity index (χ3n) is 5.64. The maximum atomic E-state index is 6.02. The van der Waals surface area contributed by atoms with E-state index in [1.807, 2.05) is 0 Å². The highest BCUT2D eigenvalue weighted by molar-refractivity contribution is 7.09. The third-order valence-corrected chi connectivity index (χ3v) is 6.69. The number of thiazole rings is 1. The average molecular weight is 365 g/mol. The molecule has 2 unspecified atom stereocenters. The van der Waals surface area contributed by atoms with E-state index in [-0.39, 0.29) is 0 Å². The quantitative estimate of drug-likeness (QED) is 0.574. The molecule has 2 aliphatic carbocycles. The first-order chi connectivity index (χ1) is 12.2. The molecule has 1 heterocycles. The van der Waals surface area contributed by atoms with E-state index in [2.05, 4.69) is 41.8 Å². The topological polar surface area (TPSA) is 58.5 Å². The summed E-state index contributed by atoms with van der Waals surface area (Å²) < 4.78 is 6.02. The van der Waals surface area contributed by atoms with Gasteiger partial charge in [0.1, 0.15) is 0 Å². The highest BCUT2D eigenvalue weighted by Crippen LogP contribution is 2.54. The van der Waals surface area contributed by atoms with Crippen LogP contribution in [0, 0.1) is 5.41 Å². The Hall–Kier alpha value is -1.14. The highest BCUT2D eigenvalue weighted by Gasteiger charge is 2.56. The van der Waals surface area contributed by atoms with Crippen molar-refractivity contribution < 1.29 is 4.74 Å². The Bertz CT molecular complexity index is 580. The lowest BCUT2D eigenvalue weighted by atomic mass is 9.60. The molecule has 0 amide bonds. The predicted molar refractivity (Wildman–Crippen MR) is 104 cm³/mol. The van der Waals surface area contributed by atoms with Crippen LogP contribution in [0.25, 0.3) is 0 Å². The van der Waals surface area contributed by atoms with Gasteiger partial charge in [-0.2, -0.15) is 0 Å². The molecule has 0 bridgehead atoms. The summed E-state index contributed by atoms with van der Waals surface area (Å²) in [6, 6.07) is 0.478. The van der Waals surface area contributed by atoms with Crippen molar-refractivity contribution in [3.8, 4) is 0 Å². The largest absolute Gasteiger partial charge is 0.378 e. The Balaban J connectivity index is 1.64. The zero-order chi connectivity index (χ0) is 17.7. The Morgan fingerprint density at radius 3 is 2.80 bits per heavy atom. The van der Waals surface area contributed by atoms with E-state index in [9.17, 15) is 0 Å². The van der Waals surface area contributed by atoms with E-state index in [4.69, 9.17) is 9.73 Å². The molecular weight excluding hydrogens is 332 g/mol. The Morgan fingerprint density at radius 2 is 2.16 bits per heavy atom. The number of hydrogen-bond donors (Lipinski definition) is 2. The van der Waals surface area contributed by atoms with Crippen LogP contribution in [0.3, 0.4) is 0 Å². The minimum absolute atomic E-state index is 0.322. The summed E-state index contributed by atoms with van der Waals surface area (Å²) in [5, 5.41) is 10.4. The summed E-state index contributed by atoms with van der Waals surface area (Å²) in [6.45, 7) is 8.69. The predicted octanol–water partition coefficient (Wildman–Crippen LogP) is 3.50. The van der Waals surface area contributed by atoms with E-state index < -0.39 is 0 Å². The second-order valence-electron chi connectivity index (χ2n) is 7.10. The lowest BCUT2D eigenvalue weighted by molar-refractivity contribution is -0.125. The fourth-order valence-corrected chi connectivity index (χ4v) is 5.05. The number of rotatable bonds is 7. The molecule has 2 N–H and O–H groups in total. The summed E-state index contributed by atoms with van der Waals surface area (Å²) >= 11 is 1.73. The molecule has 0 saturated heterocycles. The molecule has 140 valence electrons. The number of aryl methyl sites for hydroxylation is 1. The SMILES string of the molecule is CCNC(=NCc1csc(CC)n1)NC1CC(OCC)C12CCCC2. The zero-order valence-corrected chi connectivity index (χ0v) is 16.6. The molecule has 2 saturated carbocycles. The molecule has 0 aromatic carbocycles. The smallest absolute Gasteiger partial charge is 0.191 e. The molecule has 0 aliphatic heterocycles. The van der Waals surface area contributed by atoms with E-state index in [0.29, 0.717) is 24.1 Å². The van der Waals surface area contributed by atoms with E-state index >= 15 is 0 Å². The second-order valence-corrected chi connectivity index (χ2v) is 8.04. The van der Waals surface area contributed by atoms with Crippen molar-refractivity contribution in [1.82, 2.24) is 15.6 Å². The zero-order valence-electron chi connectivity index (χ0n) is 15.8. The van der Waals surface area contributed by atoms with Gasteiger partial charge < -0.3 is 15.4 Å². The monoisotopic (exact) mass is 364 g/mol. The molecule has 2 atom stereocenters. The minimum atomic E-state index is 0.322. The van der Waals surface area contributed by atoms with Crippen LogP contribution in [-0.2, 0) is 17.7 Å². The lowest BCUT2D eigenvalue weighted by Crippen LogP contribution is -2.65. The van der Waals surface area contributed by atoms with Gasteiger partial charge in [0, 0.05) is 30.0 Å². The summed E-state index contributed by atoms with van der Waals surface area (Å²) in [6.07, 6.45) is 7.72. The van der Waals surface area contributed by atoms with Crippen molar-refractivity contribution in [2.75, 3.05) is 13.2 Å². The van der Waals surface area contributed by atoms with Crippen molar-refractivity contribution in [1.29, 1.82) is 0 Å². The Kier molecular flexibility index (Phi) is 6.34. The Morgan fingerprint density at radius 1 is 1.36 bits per heavy atom. The fourth-order valence-electron chi connectivity index (χ4n) is 4.32. The number of nitrogens with zero attached hydrogens (tertiary/aromatic N) is 2. The van der Waals surface area contributed by atoms with Gasteiger partial charge in [-0.05, 0) is 39.5 Å². The number of nitrogens with one attached hydrogen (secondary N) is 2. The second kappa shape index (κ2) is 8.49. The summed E-state index contributed by atoms with van der Waals surface area (Å²) in [5.41, 5.74) is 1.39. The van der Waals surface area contributed by atoms with Crippen LogP contribution in [-0.4, -0.2) is 36.2 Å². The minimum Gasteiger partial charge on any atom is -0.378 e. The van der Waals surface area contributed by atoms with Crippen molar-refractivity contribution in [2.24, 2.45) is 10.4 Å². The number of aromatic nitrogens is 1. The molecule has 2 fully saturated rings. The average Bonchev–Trinajstić information content (AvgIpc) is 3.29. The van der Waals surface area contributed by atoms with Crippen LogP contribution in [0.15, 0.2) is 10.4 Å². The van der Waals surface area contributed by atoms with E-state index in [0.717, 1.165) is 37.6 Å². The first kappa shape index (κ1) is 18.6. The van der Waals surface area contributed by atoms with Gasteiger partial charge in [0.15, 0.2) is 5.96 Å². The van der Waals surface area contributed by atoms with E-state index in [1.165, 1.54) is 30.7 Å². The highest BCUT2D eigenvalue weighted by atomic mass is 32.1. The summed E-state index contributed by atoms with van der Waals surface area (Å²) in [4.78, 5) is 9.39. The molecule has 2 aliphatic rings. The van der Waals surface area contributed by atoms with Crippen molar-refractivity contribution >= 4 is 17.3 Å². The molecule has 0 radical (unpaired) electrons. The van der Waals surface area contributed by atoms with Gasteiger partial charge in [0.2, 0.25) is 0 Å². The van der Waals surface area contributed by atoms with Gasteiger partial charge >= 0.3 is 0 Å². The number of aliphatic imine (C=N–C) groups is 1. The lowest BCUT2D eigenvalue weighted by Gasteiger charge is -2.54. The van der Waals surface area contributed by atoms with Crippen molar-refractivity contribution in [3.63, 3.8) is 0 Å². The normalized spacial score (nSPS) is 25.2. The molecule has 5 nitrogen and oxygen atoms in total. The van der Waals surface area contributed by atoms with Crippen LogP contribution in [0.2, 0.25) is 0 Å². The van der Waals surface area contributed by atoms with Gasteiger partial charge in [-0.25, -0.2) is 9.98 Å². The van der Waals surface area contributed by atoms with Crippen molar-refractivity contribution in [3.05, 3.63) is 16.1 Å². The third kappa shape index (κ3) is 4.00. The van der Waals surface area contributed by atoms with Gasteiger partial charge in [-0.1, -0.05) is 19.8 Å². The van der Waals surface area contributed by atoms with Gasteiger partial charge in [-0.15, -0.1) is 11.3 Å². The Labute approximate surface area is 155 Å². The van der Waals surface area contributed by atoms with Crippen LogP contribution in [0.5, 0.6) is 0 Å². The maximum absolute atomic E-state index is 6.02. The first-order valence-corrected chi connectivity index (χ1v) is 10.7. The number of guanidine groups is 1. The molecule has 25 heavy (non-hydrogen) atoms. The molecule has 1 aromatic rings. The van der Waals surface area contributed by atoms with E-state index in [1.54, 1.807) is 11.3 Å². The molecular formula is C19H32N4OS. The first-order valence-electron chi connectivity index (χ1n) is 9.81. The van der Waals surface area contributed by atoms with Gasteiger partial charge in [-0.3, -0.25) is 0 Å². The number of hydrogen-bond acceptors (Lipinski definition) is 4. The van der Waals surface area contributed by atoms with Crippen LogP contribution in [0.4, 0.5) is 0 Å². The molecule has 6 heteroatoms.